The Balaban J connectivity index is 1.56. The number of hydrazine groups is 1. The highest BCUT2D eigenvalue weighted by Gasteiger charge is 2.26. The van der Waals surface area contributed by atoms with Gasteiger partial charge in [-0.2, -0.15) is 0 Å². The molecule has 1 amide bonds. The van der Waals surface area contributed by atoms with Gasteiger partial charge in [-0.25, -0.2) is 5.01 Å². The minimum Gasteiger partial charge on any atom is -0.481 e. The molecule has 0 spiro atoms. The normalized spacial score (nSPS) is 12.9. The molecular weight excluding hydrogens is 476 g/mol. The molecule has 3 aromatic carbocycles. The van der Waals surface area contributed by atoms with E-state index < -0.39 is 5.97 Å². The van der Waals surface area contributed by atoms with Crippen molar-refractivity contribution in [1.29, 1.82) is 0 Å². The maximum absolute atomic E-state index is 13.2. The summed E-state index contributed by atoms with van der Waals surface area (Å²) in [6, 6.07) is 27.1. The average molecular weight is 513 g/mol. The summed E-state index contributed by atoms with van der Waals surface area (Å²) in [5, 5.41) is 12.9. The van der Waals surface area contributed by atoms with Crippen LogP contribution in [0.2, 0.25) is 0 Å². The Hall–Kier alpha value is -3.94. The molecule has 0 aliphatic carbocycles. The molecule has 1 heterocycles. The van der Waals surface area contributed by atoms with E-state index in [0.29, 0.717) is 31.5 Å². The molecule has 0 unspecified atom stereocenters. The van der Waals surface area contributed by atoms with Crippen LogP contribution in [0.1, 0.15) is 34.8 Å². The van der Waals surface area contributed by atoms with Crippen LogP contribution in [0.4, 0.5) is 0 Å². The minimum atomic E-state index is -0.852. The predicted octanol–water partition coefficient (Wildman–Crippen LogP) is 4.76. The van der Waals surface area contributed by atoms with Crippen molar-refractivity contribution < 1.29 is 14.7 Å². The number of aromatic amines is 1. The third-order valence-corrected chi connectivity index (χ3v) is 6.86. The molecule has 7 nitrogen and oxygen atoms in total. The number of hydrogen-bond acceptors (Lipinski definition) is 4. The molecule has 0 saturated carbocycles. The van der Waals surface area contributed by atoms with Crippen LogP contribution >= 0.6 is 0 Å². The zero-order chi connectivity index (χ0) is 26.9. The van der Waals surface area contributed by atoms with Gasteiger partial charge in [0.05, 0.1) is 6.42 Å². The molecule has 4 aromatic rings. The number of carboxylic acid groups (broad SMARTS) is 1. The predicted molar refractivity (Wildman–Crippen MR) is 151 cm³/mol. The smallest absolute Gasteiger partial charge is 0.304 e. The minimum absolute atomic E-state index is 0.0210. The second-order valence-electron chi connectivity index (χ2n) is 9.67. The van der Waals surface area contributed by atoms with Crippen molar-refractivity contribution in [2.45, 2.75) is 38.3 Å². The first-order valence-corrected chi connectivity index (χ1v) is 13.1. The molecule has 0 aliphatic heterocycles. The topological polar surface area (TPSA) is 88.7 Å². The van der Waals surface area contributed by atoms with Crippen LogP contribution in [0.25, 0.3) is 10.9 Å². The van der Waals surface area contributed by atoms with E-state index in [0.717, 1.165) is 22.0 Å². The van der Waals surface area contributed by atoms with Gasteiger partial charge in [-0.05, 0) is 42.2 Å². The quantitative estimate of drug-likeness (QED) is 0.225. The van der Waals surface area contributed by atoms with E-state index >= 15 is 0 Å². The summed E-state index contributed by atoms with van der Waals surface area (Å²) < 4.78 is 0. The second kappa shape index (κ2) is 13.0. The fourth-order valence-corrected chi connectivity index (χ4v) is 4.99. The number of rotatable bonds is 13. The van der Waals surface area contributed by atoms with Crippen molar-refractivity contribution in [3.8, 4) is 0 Å². The van der Waals surface area contributed by atoms with E-state index in [2.05, 4.69) is 33.6 Å². The van der Waals surface area contributed by atoms with Gasteiger partial charge in [-0.1, -0.05) is 73.7 Å². The van der Waals surface area contributed by atoms with Gasteiger partial charge in [0, 0.05) is 54.9 Å². The largest absolute Gasteiger partial charge is 0.481 e. The van der Waals surface area contributed by atoms with Crippen LogP contribution in [0.5, 0.6) is 0 Å². The average Bonchev–Trinajstić information content (AvgIpc) is 3.34. The number of likely N-dealkylation sites (N-methyl/N-ethyl adjacent to an activating group) is 2. The Morgan fingerprint density at radius 2 is 1.58 bits per heavy atom. The summed E-state index contributed by atoms with van der Waals surface area (Å²) in [5.41, 5.74) is 7.46. The number of aromatic nitrogens is 1. The van der Waals surface area contributed by atoms with Crippen LogP contribution in [0, 0.1) is 0 Å². The van der Waals surface area contributed by atoms with Gasteiger partial charge in [-0.15, -0.1) is 0 Å². The Labute approximate surface area is 224 Å². The molecule has 38 heavy (non-hydrogen) atoms. The fraction of sp³-hybridized carbons (Fsp3) is 0.290. The number of fused-ring (bicyclic) bond motifs is 1. The zero-order valence-corrected chi connectivity index (χ0v) is 22.0. The van der Waals surface area contributed by atoms with Crippen molar-refractivity contribution in [2.24, 2.45) is 0 Å². The maximum Gasteiger partial charge on any atom is 0.304 e. The van der Waals surface area contributed by atoms with Crippen LogP contribution in [0.15, 0.2) is 91.1 Å². The first-order chi connectivity index (χ1) is 18.4. The summed E-state index contributed by atoms with van der Waals surface area (Å²) >= 11 is 0. The number of benzene rings is 3. The molecule has 7 heteroatoms. The molecule has 1 aromatic heterocycles. The monoisotopic (exact) mass is 512 g/mol. The number of H-pyrrole nitrogens is 1. The molecule has 2 atom stereocenters. The summed E-state index contributed by atoms with van der Waals surface area (Å²) in [5.74, 6) is -0.894. The number of nitrogens with one attached hydrogen (secondary N) is 2. The molecule has 4 rings (SSSR count). The molecule has 0 saturated heterocycles. The number of aliphatic carboxylic acids is 1. The number of para-hydroxylation sites is 1. The standard InChI is InChI=1S/C31H36N4O3/c1-3-35(33-26(20-30(36)37)19-25-21-32-29-17-11-10-16-28(25)29)27(18-23-12-6-4-7-13-23)22-34(2)31(38)24-14-8-5-9-15-24/h4-17,21,26-27,32-33H,3,18-20,22H2,1-2H3,(H,36,37)/t26-,27-/m0/s1. The maximum atomic E-state index is 13.2. The third-order valence-electron chi connectivity index (χ3n) is 6.86. The van der Waals surface area contributed by atoms with E-state index in [-0.39, 0.29) is 24.4 Å². The van der Waals surface area contributed by atoms with E-state index in [1.807, 2.05) is 86.9 Å². The van der Waals surface area contributed by atoms with Crippen molar-refractivity contribution in [3.05, 3.63) is 108 Å². The summed E-state index contributed by atoms with van der Waals surface area (Å²) in [7, 11) is 1.82. The van der Waals surface area contributed by atoms with Crippen LogP contribution in [0.3, 0.4) is 0 Å². The number of carbonyl (C=O) groups excluding carboxylic acids is 1. The number of nitrogens with zero attached hydrogens (tertiary/aromatic N) is 2. The lowest BCUT2D eigenvalue weighted by atomic mass is 10.0. The van der Waals surface area contributed by atoms with Gasteiger partial charge in [0.25, 0.3) is 5.91 Å². The van der Waals surface area contributed by atoms with Crippen LogP contribution < -0.4 is 5.43 Å². The number of amides is 1. The van der Waals surface area contributed by atoms with E-state index in [4.69, 9.17) is 0 Å². The van der Waals surface area contributed by atoms with Gasteiger partial charge >= 0.3 is 5.97 Å². The molecule has 3 N–H and O–H groups in total. The van der Waals surface area contributed by atoms with Gasteiger partial charge in [0.1, 0.15) is 0 Å². The van der Waals surface area contributed by atoms with Gasteiger partial charge < -0.3 is 15.0 Å². The Morgan fingerprint density at radius 3 is 2.26 bits per heavy atom. The van der Waals surface area contributed by atoms with Gasteiger partial charge in [-0.3, -0.25) is 15.0 Å². The first-order valence-electron chi connectivity index (χ1n) is 13.1. The Kier molecular flexibility index (Phi) is 9.30. The number of hydrogen-bond donors (Lipinski definition) is 3. The van der Waals surface area contributed by atoms with Crippen molar-refractivity contribution in [2.75, 3.05) is 20.1 Å². The molecule has 0 fully saturated rings. The van der Waals surface area contributed by atoms with E-state index in [1.54, 1.807) is 4.90 Å². The third kappa shape index (κ3) is 7.09. The summed E-state index contributed by atoms with van der Waals surface area (Å²) in [4.78, 5) is 30.0. The molecular formula is C31H36N4O3. The van der Waals surface area contributed by atoms with Crippen LogP contribution in [-0.2, 0) is 17.6 Å². The van der Waals surface area contributed by atoms with Crippen molar-refractivity contribution in [3.63, 3.8) is 0 Å². The lowest BCUT2D eigenvalue weighted by molar-refractivity contribution is -0.138. The highest BCUT2D eigenvalue weighted by Crippen LogP contribution is 2.21. The Morgan fingerprint density at radius 1 is 0.921 bits per heavy atom. The lowest BCUT2D eigenvalue weighted by Gasteiger charge is -2.36. The zero-order valence-electron chi connectivity index (χ0n) is 22.0. The molecule has 0 radical (unpaired) electrons. The van der Waals surface area contributed by atoms with E-state index in [9.17, 15) is 14.7 Å². The molecule has 0 aliphatic rings. The summed E-state index contributed by atoms with van der Waals surface area (Å²) in [6.07, 6.45) is 3.21. The second-order valence-corrected chi connectivity index (χ2v) is 9.67. The van der Waals surface area contributed by atoms with E-state index in [1.165, 1.54) is 0 Å². The highest BCUT2D eigenvalue weighted by molar-refractivity contribution is 5.94. The van der Waals surface area contributed by atoms with Gasteiger partial charge in [0.15, 0.2) is 0 Å². The number of carboxylic acids is 1. The van der Waals surface area contributed by atoms with Crippen LogP contribution in [-0.4, -0.2) is 64.1 Å². The first kappa shape index (κ1) is 27.1. The fourth-order valence-electron chi connectivity index (χ4n) is 4.99. The van der Waals surface area contributed by atoms with Gasteiger partial charge in [0.2, 0.25) is 0 Å². The number of carbonyl (C=O) groups is 2. The molecule has 0 bridgehead atoms. The Bertz CT molecular complexity index is 1320. The highest BCUT2D eigenvalue weighted by atomic mass is 16.4. The van der Waals surface area contributed by atoms with Crippen molar-refractivity contribution in [1.82, 2.24) is 20.3 Å². The lowest BCUT2D eigenvalue weighted by Crippen LogP contribution is -2.55. The summed E-state index contributed by atoms with van der Waals surface area (Å²) in [6.45, 7) is 3.18. The van der Waals surface area contributed by atoms with Crippen molar-refractivity contribution >= 4 is 22.8 Å². The SMILES string of the molecule is CCN(N[C@H](CC(=O)O)Cc1c[nH]c2ccccc12)[C@@H](Cc1ccccc1)CN(C)C(=O)c1ccccc1. The molecule has 198 valence electrons.